The first-order valence-electron chi connectivity index (χ1n) is 7.00. The van der Waals surface area contributed by atoms with E-state index in [0.29, 0.717) is 17.9 Å². The summed E-state index contributed by atoms with van der Waals surface area (Å²) in [5, 5.41) is 0. The summed E-state index contributed by atoms with van der Waals surface area (Å²) in [4.78, 5) is 14.1. The zero-order chi connectivity index (χ0) is 13.6. The molecule has 0 unspecified atom stereocenters. The summed E-state index contributed by atoms with van der Waals surface area (Å²) in [6.07, 6.45) is 0.970. The highest BCUT2D eigenvalue weighted by molar-refractivity contribution is 5.70. The van der Waals surface area contributed by atoms with Crippen molar-refractivity contribution in [3.8, 4) is 0 Å². The van der Waals surface area contributed by atoms with Gasteiger partial charge >= 0.3 is 6.09 Å². The van der Waals surface area contributed by atoms with Crippen LogP contribution in [0.2, 0.25) is 0 Å². The van der Waals surface area contributed by atoms with Crippen molar-refractivity contribution in [2.75, 3.05) is 6.54 Å². The Morgan fingerprint density at radius 1 is 1.26 bits per heavy atom. The monoisotopic (exact) mass is 259 g/mol. The van der Waals surface area contributed by atoms with E-state index in [4.69, 9.17) is 4.74 Å². The predicted molar refractivity (Wildman–Crippen MR) is 74.0 cm³/mol. The second kappa shape index (κ2) is 4.26. The van der Waals surface area contributed by atoms with E-state index < -0.39 is 5.60 Å². The van der Waals surface area contributed by atoms with E-state index in [1.807, 2.05) is 31.7 Å². The fourth-order valence-corrected chi connectivity index (χ4v) is 3.32. The van der Waals surface area contributed by atoms with Crippen molar-refractivity contribution in [3.63, 3.8) is 0 Å². The fourth-order valence-electron chi connectivity index (χ4n) is 3.32. The molecule has 2 bridgehead atoms. The van der Waals surface area contributed by atoms with E-state index in [1.165, 1.54) is 5.56 Å². The molecule has 19 heavy (non-hydrogen) atoms. The van der Waals surface area contributed by atoms with Crippen molar-refractivity contribution in [2.24, 2.45) is 5.92 Å². The molecule has 0 spiro atoms. The van der Waals surface area contributed by atoms with Crippen molar-refractivity contribution >= 4 is 6.09 Å². The number of carbonyl (C=O) groups excluding carboxylic acids is 1. The number of nitrogens with zero attached hydrogens (tertiary/aromatic N) is 1. The summed E-state index contributed by atoms with van der Waals surface area (Å²) in [7, 11) is 0. The number of amides is 1. The maximum absolute atomic E-state index is 12.2. The Morgan fingerprint density at radius 2 is 1.95 bits per heavy atom. The molecule has 1 amide bonds. The highest BCUT2D eigenvalue weighted by atomic mass is 16.6. The van der Waals surface area contributed by atoms with E-state index in [9.17, 15) is 4.79 Å². The van der Waals surface area contributed by atoms with Crippen LogP contribution in [0.1, 0.15) is 38.7 Å². The van der Waals surface area contributed by atoms with Crippen LogP contribution in [-0.2, 0) is 4.74 Å². The van der Waals surface area contributed by atoms with Gasteiger partial charge in [-0.1, -0.05) is 30.3 Å². The lowest BCUT2D eigenvalue weighted by Crippen LogP contribution is -2.42. The van der Waals surface area contributed by atoms with Gasteiger partial charge in [0.15, 0.2) is 0 Å². The molecule has 0 N–H and O–H groups in total. The molecular formula is C16H21NO2. The summed E-state index contributed by atoms with van der Waals surface area (Å²) in [5.74, 6) is 1.12. The van der Waals surface area contributed by atoms with Gasteiger partial charge in [0.05, 0.1) is 0 Å². The van der Waals surface area contributed by atoms with Gasteiger partial charge in [0.25, 0.3) is 0 Å². The minimum atomic E-state index is -0.410. The molecule has 2 heterocycles. The molecular weight excluding hydrogens is 238 g/mol. The molecule has 0 aromatic heterocycles. The molecule has 1 aromatic rings. The molecule has 4 rings (SSSR count). The van der Waals surface area contributed by atoms with Gasteiger partial charge in [-0.25, -0.2) is 4.79 Å². The summed E-state index contributed by atoms with van der Waals surface area (Å²) >= 11 is 0. The number of carbonyl (C=O) groups is 1. The van der Waals surface area contributed by atoms with E-state index in [0.717, 1.165) is 13.0 Å². The smallest absolute Gasteiger partial charge is 0.410 e. The number of hydrogen-bond acceptors (Lipinski definition) is 2. The van der Waals surface area contributed by atoms with Gasteiger partial charge in [-0.05, 0) is 38.7 Å². The first-order valence-corrected chi connectivity index (χ1v) is 7.00. The van der Waals surface area contributed by atoms with Crippen LogP contribution in [0, 0.1) is 5.92 Å². The van der Waals surface area contributed by atoms with Gasteiger partial charge in [-0.3, -0.25) is 0 Å². The molecule has 1 aromatic carbocycles. The van der Waals surface area contributed by atoms with Crippen molar-refractivity contribution in [1.29, 1.82) is 0 Å². The van der Waals surface area contributed by atoms with Gasteiger partial charge < -0.3 is 9.64 Å². The second-order valence-corrected chi connectivity index (χ2v) is 6.63. The van der Waals surface area contributed by atoms with Crippen LogP contribution >= 0.6 is 0 Å². The van der Waals surface area contributed by atoms with Crippen LogP contribution in [-0.4, -0.2) is 29.2 Å². The average Bonchev–Trinajstić information content (AvgIpc) is 2.86. The maximum atomic E-state index is 12.2. The van der Waals surface area contributed by atoms with Gasteiger partial charge in [0.2, 0.25) is 0 Å². The summed E-state index contributed by atoms with van der Waals surface area (Å²) in [6, 6.07) is 10.9. The number of hydrogen-bond donors (Lipinski definition) is 0. The van der Waals surface area contributed by atoms with E-state index in [1.54, 1.807) is 0 Å². The average molecular weight is 259 g/mol. The Hall–Kier alpha value is -1.51. The highest BCUT2D eigenvalue weighted by Gasteiger charge is 2.54. The predicted octanol–water partition coefficient (Wildman–Crippen LogP) is 3.41. The quantitative estimate of drug-likeness (QED) is 0.773. The van der Waals surface area contributed by atoms with Crippen LogP contribution in [0.4, 0.5) is 4.79 Å². The van der Waals surface area contributed by atoms with Crippen molar-refractivity contribution in [1.82, 2.24) is 4.90 Å². The van der Waals surface area contributed by atoms with Gasteiger partial charge in [0.1, 0.15) is 5.60 Å². The van der Waals surface area contributed by atoms with Gasteiger partial charge in [-0.15, -0.1) is 0 Å². The van der Waals surface area contributed by atoms with Crippen LogP contribution in [0.5, 0.6) is 0 Å². The van der Waals surface area contributed by atoms with E-state index in [2.05, 4.69) is 24.3 Å². The third-order valence-corrected chi connectivity index (χ3v) is 4.11. The lowest BCUT2D eigenvalue weighted by atomic mass is 9.70. The molecule has 3 aliphatic rings. The summed E-state index contributed by atoms with van der Waals surface area (Å²) in [6.45, 7) is 6.60. The topological polar surface area (TPSA) is 29.5 Å². The highest BCUT2D eigenvalue weighted by Crippen LogP contribution is 2.52. The second-order valence-electron chi connectivity index (χ2n) is 6.63. The zero-order valence-corrected chi connectivity index (χ0v) is 11.8. The Balaban J connectivity index is 1.71. The van der Waals surface area contributed by atoms with Crippen LogP contribution in [0.3, 0.4) is 0 Å². The third kappa shape index (κ3) is 2.22. The SMILES string of the molecule is CC(C)(C)OC(=O)N1C[C@H]2C[C@@H]1[C@@H]2c1ccccc1. The Kier molecular flexibility index (Phi) is 2.80. The largest absolute Gasteiger partial charge is 0.444 e. The standard InChI is InChI=1S/C16H21NO2/c1-16(2,3)19-15(18)17-10-12-9-13(17)14(12)11-7-5-4-6-8-11/h4-8,12-14H,9-10H2,1-3H3/t12-,13-,14-/m1/s1. The first kappa shape index (κ1) is 12.5. The number of benzene rings is 1. The van der Waals surface area contributed by atoms with Crippen molar-refractivity contribution in [2.45, 2.75) is 44.8 Å². The third-order valence-electron chi connectivity index (χ3n) is 4.11. The Bertz CT molecular complexity index is 477. The van der Waals surface area contributed by atoms with Gasteiger partial charge in [-0.2, -0.15) is 0 Å². The Labute approximate surface area is 114 Å². The van der Waals surface area contributed by atoms with Crippen LogP contribution in [0.25, 0.3) is 0 Å². The molecule has 3 heteroatoms. The molecule has 2 aliphatic heterocycles. The first-order chi connectivity index (χ1) is 8.96. The molecule has 102 valence electrons. The minimum Gasteiger partial charge on any atom is -0.444 e. The van der Waals surface area contributed by atoms with Crippen molar-refractivity contribution in [3.05, 3.63) is 35.9 Å². The Morgan fingerprint density at radius 3 is 2.58 bits per heavy atom. The van der Waals surface area contributed by atoms with Crippen LogP contribution in [0.15, 0.2) is 30.3 Å². The number of rotatable bonds is 1. The lowest BCUT2D eigenvalue weighted by Gasteiger charge is -2.37. The molecule has 3 atom stereocenters. The van der Waals surface area contributed by atoms with Gasteiger partial charge in [0, 0.05) is 18.5 Å². The normalized spacial score (nSPS) is 29.0. The molecule has 0 radical (unpaired) electrons. The fraction of sp³-hybridized carbons (Fsp3) is 0.562. The summed E-state index contributed by atoms with van der Waals surface area (Å²) in [5.41, 5.74) is 0.946. The molecule has 3 fully saturated rings. The van der Waals surface area contributed by atoms with Crippen LogP contribution < -0.4 is 0 Å². The maximum Gasteiger partial charge on any atom is 0.410 e. The van der Waals surface area contributed by atoms with Crippen molar-refractivity contribution < 1.29 is 9.53 Å². The number of fused-ring (bicyclic) bond motifs is 1. The minimum absolute atomic E-state index is 0.154. The number of ether oxygens (including phenoxy) is 1. The lowest BCUT2D eigenvalue weighted by molar-refractivity contribution is 0.0233. The molecule has 2 saturated heterocycles. The van der Waals surface area contributed by atoms with E-state index >= 15 is 0 Å². The zero-order valence-electron chi connectivity index (χ0n) is 11.8. The summed E-state index contributed by atoms with van der Waals surface area (Å²) < 4.78 is 5.49. The molecule has 3 nitrogen and oxygen atoms in total. The molecule has 1 aliphatic carbocycles. The molecule has 1 saturated carbocycles. The van der Waals surface area contributed by atoms with E-state index in [-0.39, 0.29) is 6.09 Å².